The minimum Gasteiger partial charge on any atom is -0.354 e. The van der Waals surface area contributed by atoms with Crippen molar-refractivity contribution in [1.29, 1.82) is 0 Å². The topological polar surface area (TPSA) is 78.5 Å². The summed E-state index contributed by atoms with van der Waals surface area (Å²) in [4.78, 5) is 8.86. The summed E-state index contributed by atoms with van der Waals surface area (Å²) in [6.45, 7) is 2.56. The van der Waals surface area contributed by atoms with Crippen molar-refractivity contribution in [2.24, 2.45) is 0 Å². The standard InChI is InChI=1S/C21H20F2N6/c1-2-15-12-18(29-28-15)26-20-19-16(23)4-3-5-17(19)25-21(27-20)24-11-10-13-6-8-14(22)9-7-13/h3-9,12H,2,10-11H2,1H3,(H3,24,25,26,27,28,29). The van der Waals surface area contributed by atoms with Crippen molar-refractivity contribution < 1.29 is 8.78 Å². The summed E-state index contributed by atoms with van der Waals surface area (Å²) in [6, 6.07) is 12.9. The first-order valence-corrected chi connectivity index (χ1v) is 9.38. The molecule has 0 bridgehead atoms. The number of nitrogens with one attached hydrogen (secondary N) is 3. The van der Waals surface area contributed by atoms with Crippen LogP contribution in [0.3, 0.4) is 0 Å². The van der Waals surface area contributed by atoms with Gasteiger partial charge in [-0.2, -0.15) is 10.1 Å². The first kappa shape index (κ1) is 18.8. The molecule has 148 valence electrons. The molecule has 0 saturated carbocycles. The van der Waals surface area contributed by atoms with Crippen LogP contribution in [0.5, 0.6) is 0 Å². The Morgan fingerprint density at radius 2 is 1.86 bits per heavy atom. The third-order valence-corrected chi connectivity index (χ3v) is 4.54. The third kappa shape index (κ3) is 4.31. The summed E-state index contributed by atoms with van der Waals surface area (Å²) in [5.41, 5.74) is 2.44. The molecule has 4 aromatic rings. The Hall–Kier alpha value is -3.55. The second kappa shape index (κ2) is 8.22. The number of halogens is 2. The molecule has 2 aromatic carbocycles. The number of aryl methyl sites for hydroxylation is 1. The van der Waals surface area contributed by atoms with E-state index in [1.165, 1.54) is 18.2 Å². The molecule has 0 radical (unpaired) electrons. The summed E-state index contributed by atoms with van der Waals surface area (Å²) in [6.07, 6.45) is 1.48. The zero-order valence-corrected chi connectivity index (χ0v) is 15.8. The minimum absolute atomic E-state index is 0.262. The van der Waals surface area contributed by atoms with Gasteiger partial charge in [-0.25, -0.2) is 13.8 Å². The molecule has 2 heterocycles. The van der Waals surface area contributed by atoms with E-state index >= 15 is 0 Å². The van der Waals surface area contributed by atoms with Crippen molar-refractivity contribution >= 4 is 28.5 Å². The molecule has 6 nitrogen and oxygen atoms in total. The SMILES string of the molecule is CCc1cc(Nc2nc(NCCc3ccc(F)cc3)nc3cccc(F)c23)n[nH]1. The lowest BCUT2D eigenvalue weighted by Gasteiger charge is -2.11. The number of hydrogen-bond donors (Lipinski definition) is 3. The molecule has 0 spiro atoms. The van der Waals surface area contributed by atoms with Crippen LogP contribution in [0.1, 0.15) is 18.2 Å². The summed E-state index contributed by atoms with van der Waals surface area (Å²) in [5.74, 6) is 0.601. The molecule has 8 heteroatoms. The average Bonchev–Trinajstić information content (AvgIpc) is 3.17. The van der Waals surface area contributed by atoms with Gasteiger partial charge in [0.1, 0.15) is 17.5 Å². The smallest absolute Gasteiger partial charge is 0.225 e. The quantitative estimate of drug-likeness (QED) is 0.427. The number of benzene rings is 2. The van der Waals surface area contributed by atoms with E-state index in [-0.39, 0.29) is 5.82 Å². The van der Waals surface area contributed by atoms with E-state index in [9.17, 15) is 8.78 Å². The van der Waals surface area contributed by atoms with Crippen molar-refractivity contribution in [3.8, 4) is 0 Å². The van der Waals surface area contributed by atoms with Crippen molar-refractivity contribution in [2.45, 2.75) is 19.8 Å². The van der Waals surface area contributed by atoms with Gasteiger partial charge in [-0.05, 0) is 42.7 Å². The molecule has 0 aliphatic carbocycles. The van der Waals surface area contributed by atoms with Crippen LogP contribution >= 0.6 is 0 Å². The van der Waals surface area contributed by atoms with E-state index in [2.05, 4.69) is 30.8 Å². The highest BCUT2D eigenvalue weighted by atomic mass is 19.1. The molecule has 0 saturated heterocycles. The van der Waals surface area contributed by atoms with Gasteiger partial charge < -0.3 is 10.6 Å². The van der Waals surface area contributed by atoms with Crippen molar-refractivity contribution in [1.82, 2.24) is 20.2 Å². The molecule has 3 N–H and O–H groups in total. The molecule has 29 heavy (non-hydrogen) atoms. The molecule has 0 aliphatic rings. The van der Waals surface area contributed by atoms with E-state index in [4.69, 9.17) is 0 Å². The highest BCUT2D eigenvalue weighted by Gasteiger charge is 2.13. The Balaban J connectivity index is 1.58. The predicted octanol–water partition coefficient (Wildman–Crippen LogP) is 4.59. The minimum atomic E-state index is -0.408. The lowest BCUT2D eigenvalue weighted by Crippen LogP contribution is -2.10. The number of nitrogens with zero attached hydrogens (tertiary/aromatic N) is 3. The van der Waals surface area contributed by atoms with Crippen molar-refractivity contribution in [3.05, 3.63) is 71.4 Å². The first-order chi connectivity index (χ1) is 14.1. The molecule has 2 aromatic heterocycles. The van der Waals surface area contributed by atoms with E-state index in [0.29, 0.717) is 41.5 Å². The van der Waals surface area contributed by atoms with Gasteiger partial charge in [-0.1, -0.05) is 25.1 Å². The van der Waals surface area contributed by atoms with Crippen LogP contribution < -0.4 is 10.6 Å². The Kier molecular flexibility index (Phi) is 5.33. The number of aromatic amines is 1. The van der Waals surface area contributed by atoms with Gasteiger partial charge in [0.2, 0.25) is 5.95 Å². The van der Waals surface area contributed by atoms with Gasteiger partial charge in [0.25, 0.3) is 0 Å². The number of rotatable bonds is 7. The van der Waals surface area contributed by atoms with Gasteiger partial charge >= 0.3 is 0 Å². The fourth-order valence-electron chi connectivity index (χ4n) is 3.01. The number of anilines is 3. The highest BCUT2D eigenvalue weighted by Crippen LogP contribution is 2.27. The zero-order valence-electron chi connectivity index (χ0n) is 15.8. The molecule has 0 aliphatic heterocycles. The van der Waals surface area contributed by atoms with Crippen LogP contribution in [-0.4, -0.2) is 26.7 Å². The number of fused-ring (bicyclic) bond motifs is 1. The van der Waals surface area contributed by atoms with Crippen LogP contribution in [0.2, 0.25) is 0 Å². The Morgan fingerprint density at radius 1 is 1.03 bits per heavy atom. The molecule has 4 rings (SSSR count). The zero-order chi connectivity index (χ0) is 20.2. The maximum absolute atomic E-state index is 14.5. The maximum atomic E-state index is 14.5. The number of H-pyrrole nitrogens is 1. The Morgan fingerprint density at radius 3 is 2.62 bits per heavy atom. The lowest BCUT2D eigenvalue weighted by atomic mass is 10.1. The summed E-state index contributed by atoms with van der Waals surface area (Å²) < 4.78 is 27.5. The van der Waals surface area contributed by atoms with Crippen LogP contribution in [0.25, 0.3) is 10.9 Å². The first-order valence-electron chi connectivity index (χ1n) is 9.38. The van der Waals surface area contributed by atoms with Gasteiger partial charge in [-0.3, -0.25) is 5.10 Å². The Bertz CT molecular complexity index is 1120. The average molecular weight is 394 g/mol. The summed E-state index contributed by atoms with van der Waals surface area (Å²) in [5, 5.41) is 13.6. The van der Waals surface area contributed by atoms with Gasteiger partial charge in [0.05, 0.1) is 10.9 Å². The fourth-order valence-corrected chi connectivity index (χ4v) is 3.01. The van der Waals surface area contributed by atoms with Crippen LogP contribution in [0.15, 0.2) is 48.5 Å². The normalized spacial score (nSPS) is 11.0. The molecule has 0 atom stereocenters. The van der Waals surface area contributed by atoms with E-state index in [1.54, 1.807) is 24.3 Å². The summed E-state index contributed by atoms with van der Waals surface area (Å²) >= 11 is 0. The van der Waals surface area contributed by atoms with Gasteiger partial charge in [-0.15, -0.1) is 0 Å². The fraction of sp³-hybridized carbons (Fsp3) is 0.190. The van der Waals surface area contributed by atoms with Gasteiger partial charge in [0.15, 0.2) is 5.82 Å². The monoisotopic (exact) mass is 394 g/mol. The molecular weight excluding hydrogens is 374 g/mol. The molecule has 0 fully saturated rings. The number of aromatic nitrogens is 4. The third-order valence-electron chi connectivity index (χ3n) is 4.54. The van der Waals surface area contributed by atoms with Crippen LogP contribution in [0.4, 0.5) is 26.4 Å². The Labute approximate surface area is 166 Å². The van der Waals surface area contributed by atoms with Crippen molar-refractivity contribution in [2.75, 3.05) is 17.2 Å². The van der Waals surface area contributed by atoms with Gasteiger partial charge in [0, 0.05) is 18.3 Å². The van der Waals surface area contributed by atoms with E-state index < -0.39 is 5.82 Å². The second-order valence-corrected chi connectivity index (χ2v) is 6.59. The second-order valence-electron chi connectivity index (χ2n) is 6.59. The van der Waals surface area contributed by atoms with Crippen LogP contribution in [0, 0.1) is 11.6 Å². The maximum Gasteiger partial charge on any atom is 0.225 e. The van der Waals surface area contributed by atoms with Crippen LogP contribution in [-0.2, 0) is 12.8 Å². The van der Waals surface area contributed by atoms with Crippen molar-refractivity contribution in [3.63, 3.8) is 0 Å². The molecule has 0 amide bonds. The lowest BCUT2D eigenvalue weighted by molar-refractivity contribution is 0.627. The predicted molar refractivity (Wildman–Crippen MR) is 109 cm³/mol. The summed E-state index contributed by atoms with van der Waals surface area (Å²) in [7, 11) is 0. The van der Waals surface area contributed by atoms with E-state index in [0.717, 1.165) is 17.7 Å². The highest BCUT2D eigenvalue weighted by molar-refractivity contribution is 5.92. The molecular formula is C21H20F2N6. The van der Waals surface area contributed by atoms with E-state index in [1.807, 2.05) is 13.0 Å². The number of hydrogen-bond acceptors (Lipinski definition) is 5. The largest absolute Gasteiger partial charge is 0.354 e. The molecule has 0 unspecified atom stereocenters.